The Hall–Kier alpha value is -0.520. The highest BCUT2D eigenvalue weighted by atomic mass is 14.4. The summed E-state index contributed by atoms with van der Waals surface area (Å²) in [6.07, 6.45) is 7.47. The van der Waals surface area contributed by atoms with Crippen molar-refractivity contribution in [1.29, 1.82) is 0 Å². The first-order valence-corrected chi connectivity index (χ1v) is 3.73. The van der Waals surface area contributed by atoms with Gasteiger partial charge in [-0.2, -0.15) is 0 Å². The minimum atomic E-state index is 0.931. The van der Waals surface area contributed by atoms with Crippen LogP contribution in [0.2, 0.25) is 0 Å². The van der Waals surface area contributed by atoms with Crippen LogP contribution >= 0.6 is 0 Å². The van der Waals surface area contributed by atoms with Gasteiger partial charge >= 0.3 is 0 Å². The highest BCUT2D eigenvalue weighted by molar-refractivity contribution is 5.37. The van der Waals surface area contributed by atoms with E-state index >= 15 is 0 Å². The molecular weight excluding hydrogens is 108 g/mol. The molecule has 0 N–H and O–H groups in total. The highest BCUT2D eigenvalue weighted by Crippen LogP contribution is 2.50. The number of hydrogen-bond donors (Lipinski definition) is 0. The van der Waals surface area contributed by atoms with Gasteiger partial charge in [0.1, 0.15) is 0 Å². The van der Waals surface area contributed by atoms with Gasteiger partial charge in [0.15, 0.2) is 0 Å². The van der Waals surface area contributed by atoms with E-state index in [1.165, 1.54) is 25.7 Å². The average Bonchev–Trinajstić information content (AvgIpc) is 2.58. The Balaban J connectivity index is 1.95. The largest absolute Gasteiger partial charge is 0.103 e. The van der Waals surface area contributed by atoms with Crippen LogP contribution in [0.5, 0.6) is 0 Å². The van der Waals surface area contributed by atoms with Crippen molar-refractivity contribution in [2.75, 3.05) is 0 Å². The maximum atomic E-state index is 3.73. The molecule has 2 aliphatic rings. The van der Waals surface area contributed by atoms with Crippen LogP contribution in [-0.2, 0) is 0 Å². The van der Waals surface area contributed by atoms with E-state index in [-0.39, 0.29) is 0 Å². The molecule has 9 heavy (non-hydrogen) atoms. The quantitative estimate of drug-likeness (QED) is 0.491. The lowest BCUT2D eigenvalue weighted by Gasteiger charge is -1.80. The third kappa shape index (κ3) is 0.937. The first-order valence-electron chi connectivity index (χ1n) is 3.73. The maximum absolute atomic E-state index is 3.73. The molecule has 2 fully saturated rings. The van der Waals surface area contributed by atoms with Gasteiger partial charge in [-0.15, -0.1) is 6.58 Å². The van der Waals surface area contributed by atoms with Crippen LogP contribution in [0, 0.1) is 5.92 Å². The van der Waals surface area contributed by atoms with Crippen LogP contribution in [0.1, 0.15) is 25.7 Å². The molecule has 0 heteroatoms. The molecule has 2 aliphatic carbocycles. The van der Waals surface area contributed by atoms with Crippen molar-refractivity contribution in [2.24, 2.45) is 5.92 Å². The van der Waals surface area contributed by atoms with Crippen molar-refractivity contribution >= 4 is 0 Å². The Morgan fingerprint density at radius 3 is 2.89 bits per heavy atom. The van der Waals surface area contributed by atoms with E-state index in [2.05, 4.69) is 6.58 Å². The fourth-order valence-corrected chi connectivity index (χ4v) is 1.45. The van der Waals surface area contributed by atoms with Crippen molar-refractivity contribution in [1.82, 2.24) is 0 Å². The van der Waals surface area contributed by atoms with Crippen molar-refractivity contribution in [3.63, 3.8) is 0 Å². The molecule has 2 rings (SSSR count). The molecule has 0 aromatic carbocycles. The summed E-state index contributed by atoms with van der Waals surface area (Å²) in [6, 6.07) is 0. The van der Waals surface area contributed by atoms with Gasteiger partial charge < -0.3 is 0 Å². The van der Waals surface area contributed by atoms with Crippen molar-refractivity contribution in [3.8, 4) is 0 Å². The minimum absolute atomic E-state index is 0.931. The standard InChI is InChI=1S/C9H12/c1-2-3-8-6-9(8)7-4-5-7/h2,8H,1,3-6H2. The predicted octanol–water partition coefficient (Wildman–Crippen LogP) is 2.67. The summed E-state index contributed by atoms with van der Waals surface area (Å²) in [4.78, 5) is 0. The molecule has 0 amide bonds. The van der Waals surface area contributed by atoms with Gasteiger partial charge in [0.05, 0.1) is 0 Å². The Labute approximate surface area is 56.3 Å². The Kier molecular flexibility index (Phi) is 1.01. The van der Waals surface area contributed by atoms with E-state index < -0.39 is 0 Å². The van der Waals surface area contributed by atoms with Crippen LogP contribution < -0.4 is 0 Å². The molecule has 2 saturated carbocycles. The highest BCUT2D eigenvalue weighted by Gasteiger charge is 2.34. The van der Waals surface area contributed by atoms with Gasteiger partial charge in [-0.1, -0.05) is 17.2 Å². The molecule has 0 heterocycles. The van der Waals surface area contributed by atoms with E-state index in [0.717, 1.165) is 5.92 Å². The van der Waals surface area contributed by atoms with Crippen molar-refractivity contribution in [2.45, 2.75) is 25.7 Å². The van der Waals surface area contributed by atoms with E-state index in [1.54, 1.807) is 11.1 Å². The molecule has 0 aromatic heterocycles. The summed E-state index contributed by atoms with van der Waals surface area (Å²) < 4.78 is 0. The zero-order valence-corrected chi connectivity index (χ0v) is 5.69. The molecular formula is C9H12. The third-order valence-electron chi connectivity index (χ3n) is 2.20. The van der Waals surface area contributed by atoms with Crippen LogP contribution in [0.15, 0.2) is 23.8 Å². The zero-order chi connectivity index (χ0) is 6.27. The van der Waals surface area contributed by atoms with Gasteiger partial charge in [-0.05, 0) is 31.6 Å². The normalized spacial score (nSPS) is 30.4. The second-order valence-corrected chi connectivity index (χ2v) is 3.05. The molecule has 48 valence electrons. The number of allylic oxidation sites excluding steroid dienone is 3. The molecule has 0 aliphatic heterocycles. The lowest BCUT2D eigenvalue weighted by atomic mass is 10.3. The first-order chi connectivity index (χ1) is 4.42. The minimum Gasteiger partial charge on any atom is -0.103 e. The summed E-state index contributed by atoms with van der Waals surface area (Å²) in [5, 5.41) is 0. The Morgan fingerprint density at radius 1 is 1.56 bits per heavy atom. The third-order valence-corrected chi connectivity index (χ3v) is 2.20. The Morgan fingerprint density at radius 2 is 2.33 bits per heavy atom. The van der Waals surface area contributed by atoms with Gasteiger partial charge in [-0.3, -0.25) is 0 Å². The fourth-order valence-electron chi connectivity index (χ4n) is 1.45. The second kappa shape index (κ2) is 1.73. The number of hydrogen-bond acceptors (Lipinski definition) is 0. The van der Waals surface area contributed by atoms with Crippen molar-refractivity contribution in [3.05, 3.63) is 23.8 Å². The predicted molar refractivity (Wildman–Crippen MR) is 39.2 cm³/mol. The second-order valence-electron chi connectivity index (χ2n) is 3.05. The topological polar surface area (TPSA) is 0 Å². The first kappa shape index (κ1) is 5.28. The van der Waals surface area contributed by atoms with E-state index in [0.29, 0.717) is 0 Å². The Bertz CT molecular complexity index is 168. The molecule has 0 nitrogen and oxygen atoms in total. The van der Waals surface area contributed by atoms with Crippen LogP contribution in [0.3, 0.4) is 0 Å². The fraction of sp³-hybridized carbons (Fsp3) is 0.556. The van der Waals surface area contributed by atoms with Crippen molar-refractivity contribution < 1.29 is 0 Å². The lowest BCUT2D eigenvalue weighted by molar-refractivity contribution is 0.894. The summed E-state index contributed by atoms with van der Waals surface area (Å²) in [5.41, 5.74) is 3.54. The molecule has 0 saturated heterocycles. The molecule has 1 atom stereocenters. The molecule has 1 unspecified atom stereocenters. The van der Waals surface area contributed by atoms with E-state index in [4.69, 9.17) is 0 Å². The summed E-state index contributed by atoms with van der Waals surface area (Å²) in [5.74, 6) is 0.931. The molecule has 0 radical (unpaired) electrons. The smallest absolute Gasteiger partial charge is 0.0128 e. The lowest BCUT2D eigenvalue weighted by Crippen LogP contribution is -1.66. The van der Waals surface area contributed by atoms with E-state index in [9.17, 15) is 0 Å². The monoisotopic (exact) mass is 120 g/mol. The van der Waals surface area contributed by atoms with Crippen LogP contribution in [0.4, 0.5) is 0 Å². The SMILES string of the molecule is C=CCC1CC1=C1CC1. The maximum Gasteiger partial charge on any atom is -0.0128 e. The molecule has 0 aromatic rings. The molecule has 0 bridgehead atoms. The van der Waals surface area contributed by atoms with Gasteiger partial charge in [0.2, 0.25) is 0 Å². The van der Waals surface area contributed by atoms with Crippen LogP contribution in [0.25, 0.3) is 0 Å². The van der Waals surface area contributed by atoms with E-state index in [1.807, 2.05) is 6.08 Å². The van der Waals surface area contributed by atoms with Crippen LogP contribution in [-0.4, -0.2) is 0 Å². The van der Waals surface area contributed by atoms with Gasteiger partial charge in [-0.25, -0.2) is 0 Å². The van der Waals surface area contributed by atoms with Gasteiger partial charge in [0, 0.05) is 0 Å². The number of rotatable bonds is 2. The molecule has 0 spiro atoms. The summed E-state index contributed by atoms with van der Waals surface area (Å²) in [7, 11) is 0. The summed E-state index contributed by atoms with van der Waals surface area (Å²) in [6.45, 7) is 3.73. The zero-order valence-electron chi connectivity index (χ0n) is 5.69. The summed E-state index contributed by atoms with van der Waals surface area (Å²) >= 11 is 0. The van der Waals surface area contributed by atoms with Gasteiger partial charge in [0.25, 0.3) is 0 Å². The average molecular weight is 120 g/mol.